The van der Waals surface area contributed by atoms with Crippen LogP contribution in [-0.4, -0.2) is 28.6 Å². The zero-order chi connectivity index (χ0) is 13.7. The molecule has 0 saturated carbocycles. The molecule has 0 amide bonds. The van der Waals surface area contributed by atoms with Gasteiger partial charge in [0.15, 0.2) is 11.6 Å². The number of anilines is 1. The van der Waals surface area contributed by atoms with Gasteiger partial charge in [0, 0.05) is 24.5 Å². The number of pyridine rings is 1. The summed E-state index contributed by atoms with van der Waals surface area (Å²) in [6.07, 6.45) is 6.14. The van der Waals surface area contributed by atoms with E-state index in [-0.39, 0.29) is 0 Å². The van der Waals surface area contributed by atoms with Crippen LogP contribution < -0.4 is 10.1 Å². The summed E-state index contributed by atoms with van der Waals surface area (Å²) in [5.74, 6) is 1.40. The summed E-state index contributed by atoms with van der Waals surface area (Å²) < 4.78 is 5.48. The maximum Gasteiger partial charge on any atom is 0.187 e. The number of hydrogen-bond donors (Lipinski definition) is 1. The Morgan fingerprint density at radius 3 is 2.84 bits per heavy atom. The monoisotopic (exact) mass is 258 g/mol. The van der Waals surface area contributed by atoms with Gasteiger partial charge in [-0.1, -0.05) is 6.92 Å². The van der Waals surface area contributed by atoms with Crippen molar-refractivity contribution in [2.75, 3.05) is 19.0 Å². The molecule has 2 rings (SSSR count). The summed E-state index contributed by atoms with van der Waals surface area (Å²) in [4.78, 5) is 12.7. The lowest BCUT2D eigenvalue weighted by Crippen LogP contribution is -2.06. The lowest BCUT2D eigenvalue weighted by molar-refractivity contribution is 0.414. The minimum atomic E-state index is 0.672. The summed E-state index contributed by atoms with van der Waals surface area (Å²) in [5.41, 5.74) is 2.85. The van der Waals surface area contributed by atoms with Crippen LogP contribution in [-0.2, 0) is 0 Å². The SMILES string of the molecule is CCCNc1ncnc(-c2ccncc2C)c1OC. The third kappa shape index (κ3) is 2.81. The molecule has 2 aromatic rings. The van der Waals surface area contributed by atoms with Crippen LogP contribution in [0.5, 0.6) is 5.75 Å². The van der Waals surface area contributed by atoms with Gasteiger partial charge in [0.2, 0.25) is 0 Å². The normalized spacial score (nSPS) is 10.3. The standard InChI is InChI=1S/C14H18N4O/c1-4-6-16-14-13(19-3)12(17-9-18-14)11-5-7-15-8-10(11)2/h5,7-9H,4,6H2,1-3H3,(H,16,17,18). The van der Waals surface area contributed by atoms with E-state index < -0.39 is 0 Å². The Balaban J connectivity index is 2.49. The number of nitrogens with zero attached hydrogens (tertiary/aromatic N) is 3. The smallest absolute Gasteiger partial charge is 0.187 e. The van der Waals surface area contributed by atoms with Gasteiger partial charge in [0.1, 0.15) is 12.0 Å². The average molecular weight is 258 g/mol. The lowest BCUT2D eigenvalue weighted by Gasteiger charge is -2.13. The van der Waals surface area contributed by atoms with Crippen LogP contribution in [0.15, 0.2) is 24.8 Å². The summed E-state index contributed by atoms with van der Waals surface area (Å²) >= 11 is 0. The Labute approximate surface area is 113 Å². The van der Waals surface area contributed by atoms with Gasteiger partial charge in [-0.2, -0.15) is 0 Å². The van der Waals surface area contributed by atoms with Crippen molar-refractivity contribution in [2.45, 2.75) is 20.3 Å². The van der Waals surface area contributed by atoms with Gasteiger partial charge in [-0.15, -0.1) is 0 Å². The first kappa shape index (κ1) is 13.3. The first-order valence-corrected chi connectivity index (χ1v) is 6.31. The number of aromatic nitrogens is 3. The van der Waals surface area contributed by atoms with Crippen LogP contribution in [0.3, 0.4) is 0 Å². The molecule has 0 unspecified atom stereocenters. The van der Waals surface area contributed by atoms with Crippen LogP contribution in [0, 0.1) is 6.92 Å². The molecule has 100 valence electrons. The molecule has 0 saturated heterocycles. The fourth-order valence-corrected chi connectivity index (χ4v) is 1.87. The molecule has 0 aromatic carbocycles. The fraction of sp³-hybridized carbons (Fsp3) is 0.357. The number of ether oxygens (including phenoxy) is 1. The summed E-state index contributed by atoms with van der Waals surface area (Å²) in [6, 6.07) is 1.93. The van der Waals surface area contributed by atoms with Crippen molar-refractivity contribution >= 4 is 5.82 Å². The van der Waals surface area contributed by atoms with Crippen molar-refractivity contribution in [2.24, 2.45) is 0 Å². The van der Waals surface area contributed by atoms with E-state index in [9.17, 15) is 0 Å². The van der Waals surface area contributed by atoms with E-state index in [2.05, 4.69) is 27.2 Å². The van der Waals surface area contributed by atoms with Crippen molar-refractivity contribution < 1.29 is 4.74 Å². The first-order valence-electron chi connectivity index (χ1n) is 6.31. The molecule has 2 heterocycles. The zero-order valence-electron chi connectivity index (χ0n) is 11.5. The highest BCUT2D eigenvalue weighted by Gasteiger charge is 2.14. The second-order valence-electron chi connectivity index (χ2n) is 4.22. The maximum atomic E-state index is 5.48. The number of hydrogen-bond acceptors (Lipinski definition) is 5. The Morgan fingerprint density at radius 1 is 1.32 bits per heavy atom. The molecule has 0 aliphatic heterocycles. The minimum Gasteiger partial charge on any atom is -0.491 e. The highest BCUT2D eigenvalue weighted by Crippen LogP contribution is 2.34. The highest BCUT2D eigenvalue weighted by molar-refractivity contribution is 5.74. The number of rotatable bonds is 5. The van der Waals surface area contributed by atoms with Gasteiger partial charge in [-0.25, -0.2) is 9.97 Å². The van der Waals surface area contributed by atoms with E-state index in [0.717, 1.165) is 35.6 Å². The van der Waals surface area contributed by atoms with Crippen LogP contribution >= 0.6 is 0 Å². The van der Waals surface area contributed by atoms with Crippen LogP contribution in [0.25, 0.3) is 11.3 Å². The van der Waals surface area contributed by atoms with Crippen LogP contribution in [0.1, 0.15) is 18.9 Å². The van der Waals surface area contributed by atoms with E-state index >= 15 is 0 Å². The Morgan fingerprint density at radius 2 is 2.16 bits per heavy atom. The Bertz CT molecular complexity index is 557. The second kappa shape index (κ2) is 6.13. The third-order valence-corrected chi connectivity index (χ3v) is 2.83. The minimum absolute atomic E-state index is 0.672. The van der Waals surface area contributed by atoms with Gasteiger partial charge < -0.3 is 10.1 Å². The molecule has 0 bridgehead atoms. The average Bonchev–Trinajstić information content (AvgIpc) is 2.45. The summed E-state index contributed by atoms with van der Waals surface area (Å²) in [5, 5.41) is 3.25. The topological polar surface area (TPSA) is 59.9 Å². The van der Waals surface area contributed by atoms with Gasteiger partial charge in [0.25, 0.3) is 0 Å². The van der Waals surface area contributed by atoms with Gasteiger partial charge in [0.05, 0.1) is 7.11 Å². The first-order chi connectivity index (χ1) is 9.27. The lowest BCUT2D eigenvalue weighted by atomic mass is 10.1. The van der Waals surface area contributed by atoms with E-state index in [4.69, 9.17) is 4.74 Å². The number of nitrogens with one attached hydrogen (secondary N) is 1. The molecule has 0 aliphatic carbocycles. The quantitative estimate of drug-likeness (QED) is 0.893. The van der Waals surface area contributed by atoms with Gasteiger partial charge in [-0.05, 0) is 25.0 Å². The van der Waals surface area contributed by atoms with Crippen molar-refractivity contribution in [3.05, 3.63) is 30.4 Å². The second-order valence-corrected chi connectivity index (χ2v) is 4.22. The zero-order valence-corrected chi connectivity index (χ0v) is 11.5. The molecule has 19 heavy (non-hydrogen) atoms. The van der Waals surface area contributed by atoms with E-state index in [1.54, 1.807) is 19.6 Å². The molecule has 0 radical (unpaired) electrons. The molecule has 0 fully saturated rings. The van der Waals surface area contributed by atoms with Crippen molar-refractivity contribution in [3.8, 4) is 17.0 Å². The molecule has 1 N–H and O–H groups in total. The molecule has 5 nitrogen and oxygen atoms in total. The largest absolute Gasteiger partial charge is 0.491 e. The van der Waals surface area contributed by atoms with E-state index in [1.165, 1.54) is 0 Å². The van der Waals surface area contributed by atoms with Crippen LogP contribution in [0.4, 0.5) is 5.82 Å². The van der Waals surface area contributed by atoms with E-state index in [1.807, 2.05) is 19.2 Å². The van der Waals surface area contributed by atoms with Crippen molar-refractivity contribution in [1.29, 1.82) is 0 Å². The van der Waals surface area contributed by atoms with E-state index in [0.29, 0.717) is 5.75 Å². The van der Waals surface area contributed by atoms with Crippen LogP contribution in [0.2, 0.25) is 0 Å². The molecular weight excluding hydrogens is 240 g/mol. The van der Waals surface area contributed by atoms with Gasteiger partial charge in [-0.3, -0.25) is 4.98 Å². The fourth-order valence-electron chi connectivity index (χ4n) is 1.87. The Hall–Kier alpha value is -2.17. The number of aryl methyl sites for hydroxylation is 1. The molecule has 0 atom stereocenters. The summed E-state index contributed by atoms with van der Waals surface area (Å²) in [7, 11) is 1.63. The molecule has 2 aromatic heterocycles. The van der Waals surface area contributed by atoms with Crippen molar-refractivity contribution in [3.63, 3.8) is 0 Å². The molecule has 0 aliphatic rings. The van der Waals surface area contributed by atoms with Gasteiger partial charge >= 0.3 is 0 Å². The molecule has 5 heteroatoms. The van der Waals surface area contributed by atoms with Crippen molar-refractivity contribution in [1.82, 2.24) is 15.0 Å². The predicted molar refractivity (Wildman–Crippen MR) is 75.3 cm³/mol. The maximum absolute atomic E-state index is 5.48. The molecular formula is C14H18N4O. The predicted octanol–water partition coefficient (Wildman–Crippen LogP) is 2.68. The Kier molecular flexibility index (Phi) is 4.28. The molecule has 0 spiro atoms. The highest BCUT2D eigenvalue weighted by atomic mass is 16.5. The third-order valence-electron chi connectivity index (χ3n) is 2.83. The number of methoxy groups -OCH3 is 1. The summed E-state index contributed by atoms with van der Waals surface area (Å²) in [6.45, 7) is 4.96.